The van der Waals surface area contributed by atoms with Crippen LogP contribution in [0.2, 0.25) is 5.02 Å². The van der Waals surface area contributed by atoms with E-state index >= 15 is 0 Å². The average Bonchev–Trinajstić information content (AvgIpc) is 2.93. The van der Waals surface area contributed by atoms with Crippen LogP contribution in [0.15, 0.2) is 22.7 Å². The van der Waals surface area contributed by atoms with Crippen LogP contribution in [-0.4, -0.2) is 19.0 Å². The minimum Gasteiger partial charge on any atom is -0.465 e. The second-order valence-corrected chi connectivity index (χ2v) is 8.55. The summed E-state index contributed by atoms with van der Waals surface area (Å²) in [6, 6.07) is 5.08. The van der Waals surface area contributed by atoms with E-state index in [-0.39, 0.29) is 5.91 Å². The molecule has 1 aliphatic carbocycles. The van der Waals surface area contributed by atoms with Gasteiger partial charge in [-0.2, -0.15) is 0 Å². The number of ether oxygens (including phenoxy) is 1. The molecule has 0 saturated heterocycles. The van der Waals surface area contributed by atoms with E-state index in [0.717, 1.165) is 34.2 Å². The molecule has 1 atom stereocenters. The number of nitrogens with one attached hydrogen (secondary N) is 1. The minimum atomic E-state index is -0.414. The molecule has 1 unspecified atom stereocenters. The standard InChI is InChI=1S/C18H17BrClNO3S/c1-9-3-5-11-14(7-9)25-17(15(11)18(23)24-2)21-16(22)12-8-10(19)4-6-13(12)20/h4,6,8-9H,3,5,7H2,1-2H3,(H,21,22). The Morgan fingerprint density at radius 2 is 2.16 bits per heavy atom. The van der Waals surface area contributed by atoms with Crippen LogP contribution >= 0.6 is 38.9 Å². The number of anilines is 1. The van der Waals surface area contributed by atoms with Gasteiger partial charge in [0.1, 0.15) is 5.00 Å². The number of thiophene rings is 1. The molecule has 3 rings (SSSR count). The number of benzene rings is 1. The second kappa shape index (κ2) is 7.48. The van der Waals surface area contributed by atoms with Crippen molar-refractivity contribution in [3.8, 4) is 0 Å². The van der Waals surface area contributed by atoms with Gasteiger partial charge in [-0.1, -0.05) is 34.5 Å². The summed E-state index contributed by atoms with van der Waals surface area (Å²) >= 11 is 10.9. The van der Waals surface area contributed by atoms with Crippen LogP contribution in [0.4, 0.5) is 5.00 Å². The van der Waals surface area contributed by atoms with E-state index in [0.29, 0.717) is 27.1 Å². The van der Waals surface area contributed by atoms with Crippen LogP contribution in [0.3, 0.4) is 0 Å². The zero-order chi connectivity index (χ0) is 18.1. The number of hydrogen-bond acceptors (Lipinski definition) is 4. The van der Waals surface area contributed by atoms with Crippen molar-refractivity contribution < 1.29 is 14.3 Å². The number of hydrogen-bond donors (Lipinski definition) is 1. The average molecular weight is 443 g/mol. The lowest BCUT2D eigenvalue weighted by Crippen LogP contribution is -2.16. The largest absolute Gasteiger partial charge is 0.465 e. The zero-order valence-electron chi connectivity index (χ0n) is 13.8. The number of carbonyl (C=O) groups excluding carboxylic acids is 2. The van der Waals surface area contributed by atoms with Crippen LogP contribution in [0.1, 0.15) is 44.5 Å². The Morgan fingerprint density at radius 1 is 1.40 bits per heavy atom. The molecule has 4 nitrogen and oxygen atoms in total. The molecule has 1 amide bonds. The minimum absolute atomic E-state index is 0.344. The number of methoxy groups -OCH3 is 1. The van der Waals surface area contributed by atoms with Gasteiger partial charge in [0, 0.05) is 9.35 Å². The normalized spacial score (nSPS) is 16.2. The molecule has 2 aromatic rings. The third kappa shape index (κ3) is 3.76. The molecule has 0 aliphatic heterocycles. The summed E-state index contributed by atoms with van der Waals surface area (Å²) in [7, 11) is 1.36. The number of fused-ring (bicyclic) bond motifs is 1. The predicted molar refractivity (Wildman–Crippen MR) is 104 cm³/mol. The van der Waals surface area contributed by atoms with E-state index in [2.05, 4.69) is 28.2 Å². The summed E-state index contributed by atoms with van der Waals surface area (Å²) < 4.78 is 5.70. The van der Waals surface area contributed by atoms with Crippen molar-refractivity contribution >= 4 is 55.7 Å². The molecular weight excluding hydrogens is 426 g/mol. The smallest absolute Gasteiger partial charge is 0.341 e. The summed E-state index contributed by atoms with van der Waals surface area (Å²) in [6.45, 7) is 2.19. The van der Waals surface area contributed by atoms with Gasteiger partial charge in [0.2, 0.25) is 0 Å². The van der Waals surface area contributed by atoms with Crippen molar-refractivity contribution in [2.24, 2.45) is 5.92 Å². The third-order valence-corrected chi connectivity index (χ3v) is 6.29. The van der Waals surface area contributed by atoms with Gasteiger partial charge in [-0.25, -0.2) is 4.79 Å². The topological polar surface area (TPSA) is 55.4 Å². The van der Waals surface area contributed by atoms with Crippen molar-refractivity contribution in [3.05, 3.63) is 49.3 Å². The first kappa shape index (κ1) is 18.4. The SMILES string of the molecule is COC(=O)c1c(NC(=O)c2cc(Br)ccc2Cl)sc2c1CCC(C)C2. The highest BCUT2D eigenvalue weighted by atomic mass is 79.9. The fourth-order valence-corrected chi connectivity index (χ4v) is 4.96. The van der Waals surface area contributed by atoms with Crippen LogP contribution in [0.5, 0.6) is 0 Å². The lowest BCUT2D eigenvalue weighted by molar-refractivity contribution is 0.0601. The molecule has 0 radical (unpaired) electrons. The summed E-state index contributed by atoms with van der Waals surface area (Å²) in [5, 5.41) is 3.75. The Labute approximate surface area is 163 Å². The monoisotopic (exact) mass is 441 g/mol. The molecule has 132 valence electrons. The number of rotatable bonds is 3. The number of halogens is 2. The fourth-order valence-electron chi connectivity index (χ4n) is 3.00. The van der Waals surface area contributed by atoms with Crippen molar-refractivity contribution in [1.82, 2.24) is 0 Å². The molecule has 1 N–H and O–H groups in total. The zero-order valence-corrected chi connectivity index (χ0v) is 17.0. The maximum Gasteiger partial charge on any atom is 0.341 e. The fraction of sp³-hybridized carbons (Fsp3) is 0.333. The summed E-state index contributed by atoms with van der Waals surface area (Å²) in [5.41, 5.74) is 1.84. The molecule has 1 heterocycles. The molecule has 7 heteroatoms. The van der Waals surface area contributed by atoms with Crippen LogP contribution in [-0.2, 0) is 17.6 Å². The highest BCUT2D eigenvalue weighted by molar-refractivity contribution is 9.10. The maximum absolute atomic E-state index is 12.7. The van der Waals surface area contributed by atoms with Gasteiger partial charge in [0.15, 0.2) is 0 Å². The third-order valence-electron chi connectivity index (χ3n) is 4.30. The highest BCUT2D eigenvalue weighted by Crippen LogP contribution is 2.40. The molecule has 1 aromatic heterocycles. The molecule has 25 heavy (non-hydrogen) atoms. The molecule has 0 spiro atoms. The van der Waals surface area contributed by atoms with E-state index in [1.807, 2.05) is 0 Å². The van der Waals surface area contributed by atoms with Gasteiger partial charge in [0.25, 0.3) is 5.91 Å². The Bertz CT molecular complexity index is 849. The Hall–Kier alpha value is -1.37. The quantitative estimate of drug-likeness (QED) is 0.654. The van der Waals surface area contributed by atoms with E-state index in [4.69, 9.17) is 16.3 Å². The van der Waals surface area contributed by atoms with Crippen molar-refractivity contribution in [3.63, 3.8) is 0 Å². The molecule has 0 bridgehead atoms. The van der Waals surface area contributed by atoms with Gasteiger partial charge >= 0.3 is 5.97 Å². The first-order chi connectivity index (χ1) is 11.9. The maximum atomic E-state index is 12.7. The molecule has 0 saturated carbocycles. The van der Waals surface area contributed by atoms with E-state index < -0.39 is 5.97 Å². The highest BCUT2D eigenvalue weighted by Gasteiger charge is 2.29. The number of carbonyl (C=O) groups is 2. The second-order valence-electron chi connectivity index (χ2n) is 6.13. The summed E-state index contributed by atoms with van der Waals surface area (Å²) in [4.78, 5) is 26.1. The lowest BCUT2D eigenvalue weighted by Gasteiger charge is -2.18. The van der Waals surface area contributed by atoms with Crippen LogP contribution < -0.4 is 5.32 Å². The summed E-state index contributed by atoms with van der Waals surface area (Å²) in [5.74, 6) is -0.189. The molecule has 1 aliphatic rings. The van der Waals surface area contributed by atoms with Crippen LogP contribution in [0, 0.1) is 5.92 Å². The van der Waals surface area contributed by atoms with Crippen molar-refractivity contribution in [2.75, 3.05) is 12.4 Å². The first-order valence-corrected chi connectivity index (χ1v) is 9.88. The molecule has 1 aromatic carbocycles. The van der Waals surface area contributed by atoms with Gasteiger partial charge in [-0.3, -0.25) is 4.79 Å². The van der Waals surface area contributed by atoms with Gasteiger partial charge in [0.05, 0.1) is 23.3 Å². The van der Waals surface area contributed by atoms with Crippen LogP contribution in [0.25, 0.3) is 0 Å². The Balaban J connectivity index is 1.98. The van der Waals surface area contributed by atoms with Crippen molar-refractivity contribution in [2.45, 2.75) is 26.2 Å². The lowest BCUT2D eigenvalue weighted by atomic mass is 9.88. The predicted octanol–water partition coefficient (Wildman–Crippen LogP) is 5.33. The first-order valence-electron chi connectivity index (χ1n) is 7.90. The van der Waals surface area contributed by atoms with E-state index in [1.54, 1.807) is 18.2 Å². The summed E-state index contributed by atoms with van der Waals surface area (Å²) in [6.07, 6.45) is 2.76. The molecular formula is C18H17BrClNO3S. The van der Waals surface area contributed by atoms with Gasteiger partial charge < -0.3 is 10.1 Å². The molecule has 0 fully saturated rings. The Kier molecular flexibility index (Phi) is 5.51. The van der Waals surface area contributed by atoms with Gasteiger partial charge in [-0.05, 0) is 48.9 Å². The van der Waals surface area contributed by atoms with Crippen molar-refractivity contribution in [1.29, 1.82) is 0 Å². The number of amides is 1. The van der Waals surface area contributed by atoms with Gasteiger partial charge in [-0.15, -0.1) is 11.3 Å². The Morgan fingerprint density at radius 3 is 2.88 bits per heavy atom. The van der Waals surface area contributed by atoms with E-state index in [1.165, 1.54) is 18.4 Å². The van der Waals surface area contributed by atoms with E-state index in [9.17, 15) is 9.59 Å². The number of esters is 1.